The monoisotopic (exact) mass is 167 g/mol. The van der Waals surface area contributed by atoms with Gasteiger partial charge in [-0.3, -0.25) is 4.79 Å². The molecule has 1 rings (SSSR count). The van der Waals surface area contributed by atoms with Crippen molar-refractivity contribution in [1.82, 2.24) is 5.32 Å². The Kier molecular flexibility index (Phi) is 3.35. The van der Waals surface area contributed by atoms with E-state index >= 15 is 0 Å². The summed E-state index contributed by atoms with van der Waals surface area (Å²) in [7, 11) is 0.121. The Morgan fingerprint density at radius 1 is 1.83 bits per heavy atom. The van der Waals surface area contributed by atoms with Gasteiger partial charge in [0, 0.05) is 13.0 Å². The SMILES string of the molecule is CC(=O)NC1C=C(BO)CCC1. The molecule has 0 saturated carbocycles. The van der Waals surface area contributed by atoms with Crippen LogP contribution in [0.2, 0.25) is 0 Å². The van der Waals surface area contributed by atoms with Crippen molar-refractivity contribution < 1.29 is 9.82 Å². The van der Waals surface area contributed by atoms with E-state index in [1.807, 2.05) is 6.08 Å². The normalized spacial score (nSPS) is 22.8. The molecule has 1 amide bonds. The highest BCUT2D eigenvalue weighted by atomic mass is 16.2. The Labute approximate surface area is 73.1 Å². The zero-order chi connectivity index (χ0) is 8.97. The van der Waals surface area contributed by atoms with Crippen LogP contribution in [0.5, 0.6) is 0 Å². The van der Waals surface area contributed by atoms with Gasteiger partial charge in [-0.15, -0.1) is 0 Å². The zero-order valence-electron chi connectivity index (χ0n) is 7.34. The van der Waals surface area contributed by atoms with Gasteiger partial charge in [0.25, 0.3) is 7.48 Å². The Morgan fingerprint density at radius 2 is 2.58 bits per heavy atom. The lowest BCUT2D eigenvalue weighted by Gasteiger charge is -2.20. The molecule has 0 aromatic rings. The lowest BCUT2D eigenvalue weighted by atomic mass is 9.79. The summed E-state index contributed by atoms with van der Waals surface area (Å²) in [4.78, 5) is 10.7. The Bertz CT molecular complexity index is 203. The Hall–Kier alpha value is -0.765. The van der Waals surface area contributed by atoms with E-state index in [1.54, 1.807) is 0 Å². The van der Waals surface area contributed by atoms with Gasteiger partial charge in [-0.1, -0.05) is 11.5 Å². The van der Waals surface area contributed by atoms with E-state index in [1.165, 1.54) is 6.92 Å². The van der Waals surface area contributed by atoms with Crippen molar-refractivity contribution >= 4 is 13.4 Å². The molecule has 12 heavy (non-hydrogen) atoms. The van der Waals surface area contributed by atoms with Crippen LogP contribution in [-0.2, 0) is 4.79 Å². The summed E-state index contributed by atoms with van der Waals surface area (Å²) in [6.45, 7) is 1.51. The molecular weight excluding hydrogens is 153 g/mol. The summed E-state index contributed by atoms with van der Waals surface area (Å²) < 4.78 is 0. The van der Waals surface area contributed by atoms with E-state index in [4.69, 9.17) is 5.02 Å². The molecular formula is C8H14BNO2. The van der Waals surface area contributed by atoms with Crippen LogP contribution in [0.3, 0.4) is 0 Å². The highest BCUT2D eigenvalue weighted by Crippen LogP contribution is 2.16. The molecule has 0 fully saturated rings. The van der Waals surface area contributed by atoms with Crippen LogP contribution in [0, 0.1) is 0 Å². The molecule has 0 bridgehead atoms. The lowest BCUT2D eigenvalue weighted by molar-refractivity contribution is -0.119. The van der Waals surface area contributed by atoms with Crippen LogP contribution in [0.15, 0.2) is 11.5 Å². The molecule has 0 aromatic carbocycles. The van der Waals surface area contributed by atoms with Crippen molar-refractivity contribution in [1.29, 1.82) is 0 Å². The minimum absolute atomic E-state index is 0.00422. The maximum Gasteiger partial charge on any atom is 0.300 e. The molecule has 0 saturated heterocycles. The number of hydrogen-bond donors (Lipinski definition) is 2. The number of amides is 1. The molecule has 1 unspecified atom stereocenters. The van der Waals surface area contributed by atoms with Gasteiger partial charge in [-0.05, 0) is 19.3 Å². The molecule has 3 nitrogen and oxygen atoms in total. The molecule has 1 atom stereocenters. The molecule has 0 aliphatic heterocycles. The molecule has 1 aliphatic carbocycles. The third-order valence-electron chi connectivity index (χ3n) is 2.04. The van der Waals surface area contributed by atoms with Gasteiger partial charge in [0.2, 0.25) is 5.91 Å². The number of rotatable bonds is 2. The Balaban J connectivity index is 2.49. The van der Waals surface area contributed by atoms with Crippen molar-refractivity contribution in [3.8, 4) is 0 Å². The van der Waals surface area contributed by atoms with Crippen LogP contribution in [0.25, 0.3) is 0 Å². The van der Waals surface area contributed by atoms with Crippen LogP contribution >= 0.6 is 0 Å². The first-order valence-electron chi connectivity index (χ1n) is 4.30. The smallest absolute Gasteiger partial charge is 0.300 e. The van der Waals surface area contributed by atoms with E-state index in [0.717, 1.165) is 24.7 Å². The minimum atomic E-state index is -0.00422. The number of carbonyl (C=O) groups excluding carboxylic acids is 1. The van der Waals surface area contributed by atoms with Gasteiger partial charge in [-0.2, -0.15) is 0 Å². The summed E-state index contributed by atoms with van der Waals surface area (Å²) >= 11 is 0. The van der Waals surface area contributed by atoms with Crippen molar-refractivity contribution in [3.05, 3.63) is 11.5 Å². The van der Waals surface area contributed by atoms with Gasteiger partial charge in [0.1, 0.15) is 0 Å². The largest absolute Gasteiger partial charge is 0.449 e. The first kappa shape index (κ1) is 9.32. The van der Waals surface area contributed by atoms with Crippen molar-refractivity contribution in [2.45, 2.75) is 32.2 Å². The van der Waals surface area contributed by atoms with Gasteiger partial charge in [-0.25, -0.2) is 0 Å². The summed E-state index contributed by atoms with van der Waals surface area (Å²) in [6.07, 6.45) is 4.97. The van der Waals surface area contributed by atoms with Crippen LogP contribution in [0.4, 0.5) is 0 Å². The van der Waals surface area contributed by atoms with Gasteiger partial charge >= 0.3 is 0 Å². The third-order valence-corrected chi connectivity index (χ3v) is 2.04. The van der Waals surface area contributed by atoms with E-state index in [9.17, 15) is 4.79 Å². The van der Waals surface area contributed by atoms with Gasteiger partial charge < -0.3 is 10.3 Å². The molecule has 1 aliphatic rings. The maximum atomic E-state index is 10.7. The minimum Gasteiger partial charge on any atom is -0.449 e. The van der Waals surface area contributed by atoms with Crippen molar-refractivity contribution in [2.75, 3.05) is 0 Å². The molecule has 66 valence electrons. The fourth-order valence-electron chi connectivity index (χ4n) is 1.51. The van der Waals surface area contributed by atoms with E-state index in [0.29, 0.717) is 0 Å². The van der Waals surface area contributed by atoms with E-state index in [-0.39, 0.29) is 19.4 Å². The molecule has 4 heteroatoms. The highest BCUT2D eigenvalue weighted by Gasteiger charge is 2.13. The van der Waals surface area contributed by atoms with E-state index in [2.05, 4.69) is 5.32 Å². The summed E-state index contributed by atoms with van der Waals surface area (Å²) in [5.41, 5.74) is 1.04. The fraction of sp³-hybridized carbons (Fsp3) is 0.625. The fourth-order valence-corrected chi connectivity index (χ4v) is 1.51. The standard InChI is InChI=1S/C8H14BNO2/c1-6(11)10-8-4-2-3-7(5-8)9-12/h5,8-9,12H,2-4H2,1H3,(H,10,11). The van der Waals surface area contributed by atoms with Gasteiger partial charge in [0.15, 0.2) is 0 Å². The summed E-state index contributed by atoms with van der Waals surface area (Å²) in [5, 5.41) is 11.7. The molecule has 0 aromatic heterocycles. The lowest BCUT2D eigenvalue weighted by Crippen LogP contribution is -2.33. The topological polar surface area (TPSA) is 49.3 Å². The number of nitrogens with one attached hydrogen (secondary N) is 1. The third kappa shape index (κ3) is 2.70. The first-order valence-corrected chi connectivity index (χ1v) is 4.30. The maximum absolute atomic E-state index is 10.7. The number of allylic oxidation sites excluding steroid dienone is 1. The first-order chi connectivity index (χ1) is 5.72. The van der Waals surface area contributed by atoms with Crippen LogP contribution in [0.1, 0.15) is 26.2 Å². The summed E-state index contributed by atoms with van der Waals surface area (Å²) in [5.74, 6) is -0.00422. The van der Waals surface area contributed by atoms with Crippen LogP contribution < -0.4 is 5.32 Å². The zero-order valence-corrected chi connectivity index (χ0v) is 7.34. The Morgan fingerprint density at radius 3 is 3.17 bits per heavy atom. The average molecular weight is 167 g/mol. The molecule has 0 radical (unpaired) electrons. The predicted octanol–water partition coefficient (Wildman–Crippen LogP) is -0.0973. The number of hydrogen-bond acceptors (Lipinski definition) is 2. The van der Waals surface area contributed by atoms with Gasteiger partial charge in [0.05, 0.1) is 0 Å². The molecule has 0 heterocycles. The van der Waals surface area contributed by atoms with Crippen LogP contribution in [-0.4, -0.2) is 24.5 Å². The second-order valence-electron chi connectivity index (χ2n) is 3.18. The second kappa shape index (κ2) is 4.31. The van der Waals surface area contributed by atoms with Crippen molar-refractivity contribution in [2.24, 2.45) is 0 Å². The molecule has 2 N–H and O–H groups in total. The molecule has 0 spiro atoms. The average Bonchev–Trinajstić information content (AvgIpc) is 2.03. The van der Waals surface area contributed by atoms with E-state index < -0.39 is 0 Å². The number of carbonyl (C=O) groups is 1. The predicted molar refractivity (Wildman–Crippen MR) is 48.9 cm³/mol. The highest BCUT2D eigenvalue weighted by molar-refractivity contribution is 6.36. The second-order valence-corrected chi connectivity index (χ2v) is 3.18. The summed E-state index contributed by atoms with van der Waals surface area (Å²) in [6, 6.07) is 0.137. The van der Waals surface area contributed by atoms with Crippen molar-refractivity contribution in [3.63, 3.8) is 0 Å². The quantitative estimate of drug-likeness (QED) is 0.564.